The largest absolute Gasteiger partial charge is 0.477 e. The molecule has 0 spiro atoms. The lowest BCUT2D eigenvalue weighted by Crippen LogP contribution is -1.92. The van der Waals surface area contributed by atoms with Crippen LogP contribution in [0.25, 0.3) is 0 Å². The molecule has 0 atom stereocenters. The minimum atomic E-state index is -1.35. The maximum Gasteiger partial charge on any atom is 0.353 e. The highest BCUT2D eigenvalue weighted by molar-refractivity contribution is 7.86. The van der Waals surface area contributed by atoms with Crippen molar-refractivity contribution in [2.45, 2.75) is 0 Å². The van der Waals surface area contributed by atoms with Crippen molar-refractivity contribution in [3.63, 3.8) is 0 Å². The molecule has 0 saturated heterocycles. The van der Waals surface area contributed by atoms with Gasteiger partial charge in [-0.15, -0.1) is 12.6 Å². The quantitative estimate of drug-likeness (QED) is 0.283. The number of carbonyl (C=O) groups is 1. The van der Waals surface area contributed by atoms with Crippen molar-refractivity contribution in [2.24, 2.45) is 0 Å². The van der Waals surface area contributed by atoms with Crippen LogP contribution in [0.1, 0.15) is 0 Å². The van der Waals surface area contributed by atoms with Crippen molar-refractivity contribution in [3.05, 3.63) is 4.91 Å². The summed E-state index contributed by atoms with van der Waals surface area (Å²) in [6.45, 7) is 0. The van der Waals surface area contributed by atoms with E-state index in [9.17, 15) is 9.59 Å². The molecule has 0 rings (SSSR count). The molecule has 0 aliphatic heterocycles. The molecule has 0 saturated carbocycles. The Balaban J connectivity index is 4.10. The van der Waals surface area contributed by atoms with Crippen molar-refractivity contribution in [2.75, 3.05) is 0 Å². The summed E-state index contributed by atoms with van der Waals surface area (Å²) >= 11 is 3.22. The predicted molar refractivity (Wildman–Crippen MR) is 25.8 cm³/mol. The van der Waals surface area contributed by atoms with Crippen LogP contribution in [0, 0.1) is 0 Å². The Morgan fingerprint density at radius 1 is 1.71 bits per heavy atom. The van der Waals surface area contributed by atoms with Gasteiger partial charge in [0.2, 0.25) is 0 Å². The second-order valence-electron chi connectivity index (χ2n) is 0.756. The standard InChI is InChI=1S/C3H2O3S/c4-1-2(7)3(5)6/h7H,(H,5,6). The van der Waals surface area contributed by atoms with E-state index >= 15 is 0 Å². The van der Waals surface area contributed by atoms with Crippen molar-refractivity contribution >= 4 is 24.5 Å². The molecule has 4 heteroatoms. The van der Waals surface area contributed by atoms with Gasteiger partial charge in [-0.1, -0.05) is 0 Å². The summed E-state index contributed by atoms with van der Waals surface area (Å²) < 4.78 is 0. The third-order valence-electron chi connectivity index (χ3n) is 0.299. The van der Waals surface area contributed by atoms with Crippen LogP contribution >= 0.6 is 12.6 Å². The predicted octanol–water partition coefficient (Wildman–Crippen LogP) is -0.284. The first-order chi connectivity index (χ1) is 3.18. The lowest BCUT2D eigenvalue weighted by Gasteiger charge is -1.76. The van der Waals surface area contributed by atoms with Gasteiger partial charge in [0.05, 0.1) is 0 Å². The molecule has 0 aromatic heterocycles. The highest BCUT2D eigenvalue weighted by Gasteiger charge is 1.98. The van der Waals surface area contributed by atoms with E-state index in [2.05, 4.69) is 12.6 Å². The van der Waals surface area contributed by atoms with Crippen molar-refractivity contribution in [1.82, 2.24) is 0 Å². The molecule has 0 fully saturated rings. The fourth-order valence-corrected chi connectivity index (χ4v) is 0.0437. The Labute approximate surface area is 45.1 Å². The molecule has 0 bridgehead atoms. The van der Waals surface area contributed by atoms with E-state index in [1.165, 1.54) is 0 Å². The molecule has 0 aromatic rings. The van der Waals surface area contributed by atoms with E-state index < -0.39 is 10.9 Å². The van der Waals surface area contributed by atoms with E-state index in [0.29, 0.717) is 0 Å². The van der Waals surface area contributed by atoms with Gasteiger partial charge >= 0.3 is 5.97 Å². The SMILES string of the molecule is O=C=C(S)C(=O)O. The second kappa shape index (κ2) is 2.44. The lowest BCUT2D eigenvalue weighted by atomic mass is 10.6. The fraction of sp³-hybridized carbons (Fsp3) is 0. The molecule has 0 radical (unpaired) electrons. The second-order valence-corrected chi connectivity index (χ2v) is 1.20. The van der Waals surface area contributed by atoms with Gasteiger partial charge < -0.3 is 5.11 Å². The van der Waals surface area contributed by atoms with Crippen LogP contribution in [0.2, 0.25) is 0 Å². The first-order valence-electron chi connectivity index (χ1n) is 1.36. The van der Waals surface area contributed by atoms with Crippen LogP contribution in [-0.2, 0) is 9.59 Å². The van der Waals surface area contributed by atoms with Crippen molar-refractivity contribution in [1.29, 1.82) is 0 Å². The molecule has 0 unspecified atom stereocenters. The Morgan fingerprint density at radius 3 is 2.14 bits per heavy atom. The minimum Gasteiger partial charge on any atom is -0.477 e. The van der Waals surface area contributed by atoms with Crippen LogP contribution in [-0.4, -0.2) is 17.0 Å². The van der Waals surface area contributed by atoms with E-state index in [4.69, 9.17) is 5.11 Å². The van der Waals surface area contributed by atoms with Crippen LogP contribution < -0.4 is 0 Å². The first kappa shape index (κ1) is 6.27. The molecule has 1 N–H and O–H groups in total. The van der Waals surface area contributed by atoms with Crippen LogP contribution in [0.5, 0.6) is 0 Å². The number of rotatable bonds is 1. The van der Waals surface area contributed by atoms with Crippen molar-refractivity contribution < 1.29 is 14.7 Å². The molecule has 0 amide bonds. The van der Waals surface area contributed by atoms with Gasteiger partial charge in [-0.2, -0.15) is 0 Å². The van der Waals surface area contributed by atoms with Gasteiger partial charge in [-0.25, -0.2) is 9.59 Å². The molecule has 0 aromatic carbocycles. The molecule has 0 heterocycles. The molecule has 3 nitrogen and oxygen atoms in total. The van der Waals surface area contributed by atoms with Gasteiger partial charge in [-0.05, 0) is 0 Å². The molecule has 0 aliphatic carbocycles. The smallest absolute Gasteiger partial charge is 0.353 e. The summed E-state index contributed by atoms with van der Waals surface area (Å²) in [6.07, 6.45) is 0. The molecular formula is C3H2O3S. The average Bonchev–Trinajstić information content (AvgIpc) is 1.65. The number of hydrogen-bond acceptors (Lipinski definition) is 3. The molecular weight excluding hydrogens is 116 g/mol. The molecule has 38 valence electrons. The summed E-state index contributed by atoms with van der Waals surface area (Å²) in [6, 6.07) is 0. The first-order valence-corrected chi connectivity index (χ1v) is 1.80. The number of aliphatic carboxylic acids is 1. The Morgan fingerprint density at radius 2 is 2.14 bits per heavy atom. The highest BCUT2D eigenvalue weighted by Crippen LogP contribution is 1.90. The zero-order valence-electron chi connectivity index (χ0n) is 3.21. The molecule has 0 aliphatic rings. The average molecular weight is 118 g/mol. The Bertz CT molecular complexity index is 133. The van der Waals surface area contributed by atoms with Gasteiger partial charge in [0.15, 0.2) is 4.91 Å². The zero-order chi connectivity index (χ0) is 5.86. The van der Waals surface area contributed by atoms with E-state index in [0.717, 1.165) is 5.94 Å². The Kier molecular flexibility index (Phi) is 2.19. The van der Waals surface area contributed by atoms with Gasteiger partial charge in [0.1, 0.15) is 5.94 Å². The van der Waals surface area contributed by atoms with Crippen molar-refractivity contribution in [3.8, 4) is 0 Å². The monoisotopic (exact) mass is 118 g/mol. The van der Waals surface area contributed by atoms with Gasteiger partial charge in [0.25, 0.3) is 0 Å². The van der Waals surface area contributed by atoms with Crippen LogP contribution in [0.3, 0.4) is 0 Å². The third-order valence-corrected chi connectivity index (χ3v) is 0.582. The summed E-state index contributed by atoms with van der Waals surface area (Å²) in [7, 11) is 0. The van der Waals surface area contributed by atoms with E-state index in [-0.39, 0.29) is 0 Å². The maximum atomic E-state index is 9.55. The number of thiol groups is 1. The van der Waals surface area contributed by atoms with Crippen LogP contribution in [0.15, 0.2) is 4.91 Å². The summed E-state index contributed by atoms with van der Waals surface area (Å²) in [5.74, 6) is -0.253. The maximum absolute atomic E-state index is 9.55. The molecule has 7 heavy (non-hydrogen) atoms. The lowest BCUT2D eigenvalue weighted by molar-refractivity contribution is -0.131. The minimum absolute atomic E-state index is 0.597. The number of carbonyl (C=O) groups excluding carboxylic acids is 1. The summed E-state index contributed by atoms with van der Waals surface area (Å²) in [5.41, 5.74) is 0. The van der Waals surface area contributed by atoms with Gasteiger partial charge in [-0.3, -0.25) is 0 Å². The number of hydrogen-bond donors (Lipinski definition) is 2. The van der Waals surface area contributed by atoms with Crippen LogP contribution in [0.4, 0.5) is 0 Å². The highest BCUT2D eigenvalue weighted by atomic mass is 32.1. The topological polar surface area (TPSA) is 54.4 Å². The van der Waals surface area contributed by atoms with E-state index in [1.54, 1.807) is 0 Å². The summed E-state index contributed by atoms with van der Waals surface area (Å²) in [4.78, 5) is 18.3. The number of carboxylic acids is 1. The zero-order valence-corrected chi connectivity index (χ0v) is 4.11. The summed E-state index contributed by atoms with van der Waals surface area (Å²) in [5, 5.41) is 7.81. The fourth-order valence-electron chi connectivity index (χ4n) is 0.0437. The third kappa shape index (κ3) is 2.03. The van der Waals surface area contributed by atoms with Gasteiger partial charge in [0, 0.05) is 0 Å². The Hall–Kier alpha value is -0.730. The number of carboxylic acid groups (broad SMARTS) is 1. The normalized spacial score (nSPS) is 7.00. The van der Waals surface area contributed by atoms with E-state index in [1.807, 2.05) is 0 Å².